The lowest BCUT2D eigenvalue weighted by Gasteiger charge is -2.18. The molecular formula is C12H23N3O2. The van der Waals surface area contributed by atoms with E-state index in [2.05, 4.69) is 15.5 Å². The lowest BCUT2D eigenvalue weighted by molar-refractivity contribution is -0.123. The van der Waals surface area contributed by atoms with Gasteiger partial charge in [0.1, 0.15) is 0 Å². The van der Waals surface area contributed by atoms with Crippen LogP contribution in [0.4, 0.5) is 0 Å². The second kappa shape index (κ2) is 5.80. The van der Waals surface area contributed by atoms with E-state index >= 15 is 0 Å². The SMILES string of the molecule is COCC(C)NC(=O)CN1CC2CNCC2C1. The maximum atomic E-state index is 11.8. The highest BCUT2D eigenvalue weighted by Crippen LogP contribution is 2.25. The summed E-state index contributed by atoms with van der Waals surface area (Å²) in [5.41, 5.74) is 0. The molecular weight excluding hydrogens is 218 g/mol. The Kier molecular flexibility index (Phi) is 4.36. The largest absolute Gasteiger partial charge is 0.383 e. The molecule has 0 radical (unpaired) electrons. The highest BCUT2D eigenvalue weighted by molar-refractivity contribution is 5.78. The lowest BCUT2D eigenvalue weighted by atomic mass is 10.0. The predicted octanol–water partition coefficient (Wildman–Crippen LogP) is -0.711. The third-order valence-electron chi connectivity index (χ3n) is 3.66. The third-order valence-corrected chi connectivity index (χ3v) is 3.66. The van der Waals surface area contributed by atoms with E-state index in [1.54, 1.807) is 7.11 Å². The fraction of sp³-hybridized carbons (Fsp3) is 0.917. The molecule has 2 heterocycles. The molecule has 3 unspecified atom stereocenters. The highest BCUT2D eigenvalue weighted by Gasteiger charge is 2.36. The fourth-order valence-corrected chi connectivity index (χ4v) is 2.90. The minimum absolute atomic E-state index is 0.0938. The Labute approximate surface area is 103 Å². The molecule has 0 aromatic heterocycles. The Hall–Kier alpha value is -0.650. The molecule has 0 saturated carbocycles. The zero-order valence-corrected chi connectivity index (χ0v) is 10.7. The van der Waals surface area contributed by atoms with Gasteiger partial charge in [-0.2, -0.15) is 0 Å². The fourth-order valence-electron chi connectivity index (χ4n) is 2.90. The van der Waals surface area contributed by atoms with Gasteiger partial charge in [-0.15, -0.1) is 0 Å². The number of likely N-dealkylation sites (tertiary alicyclic amines) is 1. The molecule has 2 saturated heterocycles. The Morgan fingerprint density at radius 3 is 2.71 bits per heavy atom. The first-order valence-electron chi connectivity index (χ1n) is 6.40. The summed E-state index contributed by atoms with van der Waals surface area (Å²) in [5.74, 6) is 1.61. The molecule has 2 N–H and O–H groups in total. The van der Waals surface area contributed by atoms with Crippen LogP contribution in [-0.2, 0) is 9.53 Å². The molecule has 2 rings (SSSR count). The summed E-state index contributed by atoms with van der Waals surface area (Å²) < 4.78 is 5.00. The minimum Gasteiger partial charge on any atom is -0.383 e. The van der Waals surface area contributed by atoms with Crippen LogP contribution in [0.2, 0.25) is 0 Å². The molecule has 98 valence electrons. The van der Waals surface area contributed by atoms with E-state index in [1.807, 2.05) is 6.92 Å². The molecule has 2 aliphatic heterocycles. The Morgan fingerprint density at radius 2 is 2.12 bits per heavy atom. The van der Waals surface area contributed by atoms with E-state index in [9.17, 15) is 4.79 Å². The zero-order chi connectivity index (χ0) is 12.3. The van der Waals surface area contributed by atoms with Gasteiger partial charge < -0.3 is 15.4 Å². The number of carbonyl (C=O) groups is 1. The van der Waals surface area contributed by atoms with Crippen molar-refractivity contribution in [2.75, 3.05) is 46.4 Å². The number of nitrogens with zero attached hydrogens (tertiary/aromatic N) is 1. The molecule has 5 nitrogen and oxygen atoms in total. The second-order valence-corrected chi connectivity index (χ2v) is 5.30. The lowest BCUT2D eigenvalue weighted by Crippen LogP contribution is -2.42. The van der Waals surface area contributed by atoms with Crippen LogP contribution in [0, 0.1) is 11.8 Å². The predicted molar refractivity (Wildman–Crippen MR) is 65.8 cm³/mol. The summed E-state index contributed by atoms with van der Waals surface area (Å²) in [6, 6.07) is 0.0938. The maximum absolute atomic E-state index is 11.8. The van der Waals surface area contributed by atoms with E-state index in [1.165, 1.54) is 0 Å². The number of methoxy groups -OCH3 is 1. The normalized spacial score (nSPS) is 30.2. The second-order valence-electron chi connectivity index (χ2n) is 5.30. The van der Waals surface area contributed by atoms with Gasteiger partial charge in [0.25, 0.3) is 0 Å². The van der Waals surface area contributed by atoms with E-state index in [-0.39, 0.29) is 11.9 Å². The van der Waals surface area contributed by atoms with Gasteiger partial charge >= 0.3 is 0 Å². The Morgan fingerprint density at radius 1 is 1.47 bits per heavy atom. The van der Waals surface area contributed by atoms with Crippen LogP contribution in [0.5, 0.6) is 0 Å². The van der Waals surface area contributed by atoms with Gasteiger partial charge in [-0.25, -0.2) is 0 Å². The van der Waals surface area contributed by atoms with Crippen molar-refractivity contribution in [2.45, 2.75) is 13.0 Å². The summed E-state index contributed by atoms with van der Waals surface area (Å²) in [6.45, 7) is 7.41. The number of fused-ring (bicyclic) bond motifs is 1. The van der Waals surface area contributed by atoms with Gasteiger partial charge in [0.2, 0.25) is 5.91 Å². The Bertz CT molecular complexity index is 260. The Balaban J connectivity index is 1.69. The van der Waals surface area contributed by atoms with E-state index in [4.69, 9.17) is 4.74 Å². The van der Waals surface area contributed by atoms with Crippen molar-refractivity contribution in [1.29, 1.82) is 0 Å². The number of carbonyl (C=O) groups excluding carboxylic acids is 1. The average Bonchev–Trinajstić information content (AvgIpc) is 2.77. The number of nitrogens with one attached hydrogen (secondary N) is 2. The van der Waals surface area contributed by atoms with Crippen LogP contribution in [0.3, 0.4) is 0 Å². The number of rotatable bonds is 5. The summed E-state index contributed by atoms with van der Waals surface area (Å²) in [4.78, 5) is 14.0. The summed E-state index contributed by atoms with van der Waals surface area (Å²) in [7, 11) is 1.65. The average molecular weight is 241 g/mol. The van der Waals surface area contributed by atoms with Crippen molar-refractivity contribution in [3.63, 3.8) is 0 Å². The van der Waals surface area contributed by atoms with Gasteiger partial charge in [-0.3, -0.25) is 9.69 Å². The smallest absolute Gasteiger partial charge is 0.234 e. The number of hydrogen-bond donors (Lipinski definition) is 2. The van der Waals surface area contributed by atoms with Gasteiger partial charge in [0.05, 0.1) is 13.2 Å². The maximum Gasteiger partial charge on any atom is 0.234 e. The molecule has 0 bridgehead atoms. The van der Waals surface area contributed by atoms with Crippen LogP contribution in [0.25, 0.3) is 0 Å². The summed E-state index contributed by atoms with van der Waals surface area (Å²) in [6.07, 6.45) is 0. The van der Waals surface area contributed by atoms with E-state index in [0.29, 0.717) is 13.2 Å². The molecule has 17 heavy (non-hydrogen) atoms. The summed E-state index contributed by atoms with van der Waals surface area (Å²) >= 11 is 0. The van der Waals surface area contributed by atoms with Crippen LogP contribution in [0.15, 0.2) is 0 Å². The van der Waals surface area contributed by atoms with Crippen molar-refractivity contribution < 1.29 is 9.53 Å². The number of hydrogen-bond acceptors (Lipinski definition) is 4. The van der Waals surface area contributed by atoms with E-state index in [0.717, 1.165) is 38.0 Å². The molecule has 2 aliphatic rings. The molecule has 5 heteroatoms. The molecule has 1 amide bonds. The first-order valence-corrected chi connectivity index (χ1v) is 6.40. The molecule has 0 aromatic rings. The summed E-state index contributed by atoms with van der Waals surface area (Å²) in [5, 5.41) is 6.36. The zero-order valence-electron chi connectivity index (χ0n) is 10.7. The van der Waals surface area contributed by atoms with E-state index < -0.39 is 0 Å². The monoisotopic (exact) mass is 241 g/mol. The van der Waals surface area contributed by atoms with Crippen molar-refractivity contribution in [2.24, 2.45) is 11.8 Å². The quantitative estimate of drug-likeness (QED) is 0.667. The van der Waals surface area contributed by atoms with Gasteiger partial charge in [0, 0.05) is 26.2 Å². The van der Waals surface area contributed by atoms with Crippen molar-refractivity contribution in [3.8, 4) is 0 Å². The molecule has 0 spiro atoms. The van der Waals surface area contributed by atoms with Crippen LogP contribution >= 0.6 is 0 Å². The molecule has 3 atom stereocenters. The molecule has 0 aromatic carbocycles. The number of amides is 1. The molecule has 0 aliphatic carbocycles. The van der Waals surface area contributed by atoms with Crippen molar-refractivity contribution in [3.05, 3.63) is 0 Å². The van der Waals surface area contributed by atoms with Gasteiger partial charge in [-0.05, 0) is 31.8 Å². The first kappa shape index (κ1) is 12.8. The first-order chi connectivity index (χ1) is 8.19. The number of ether oxygens (including phenoxy) is 1. The van der Waals surface area contributed by atoms with Crippen LogP contribution in [-0.4, -0.2) is 63.3 Å². The standard InChI is InChI=1S/C12H23N3O2/c1-9(8-17-2)14-12(16)7-15-5-10-3-13-4-11(10)6-15/h9-11,13H,3-8H2,1-2H3,(H,14,16). The van der Waals surface area contributed by atoms with Crippen LogP contribution in [0.1, 0.15) is 6.92 Å². The van der Waals surface area contributed by atoms with Crippen LogP contribution < -0.4 is 10.6 Å². The topological polar surface area (TPSA) is 53.6 Å². The highest BCUT2D eigenvalue weighted by atomic mass is 16.5. The minimum atomic E-state index is 0.0938. The van der Waals surface area contributed by atoms with Gasteiger partial charge in [-0.1, -0.05) is 0 Å². The molecule has 2 fully saturated rings. The van der Waals surface area contributed by atoms with Gasteiger partial charge in [0.15, 0.2) is 0 Å². The van der Waals surface area contributed by atoms with Crippen molar-refractivity contribution in [1.82, 2.24) is 15.5 Å². The third kappa shape index (κ3) is 3.40. The van der Waals surface area contributed by atoms with Crippen molar-refractivity contribution >= 4 is 5.91 Å².